The van der Waals surface area contributed by atoms with Crippen LogP contribution >= 0.6 is 0 Å². The predicted molar refractivity (Wildman–Crippen MR) is 73.2 cm³/mol. The molecule has 1 aromatic carbocycles. The molecule has 0 unspecified atom stereocenters. The third-order valence-electron chi connectivity index (χ3n) is 3.17. The quantitative estimate of drug-likeness (QED) is 0.794. The molecule has 0 atom stereocenters. The summed E-state index contributed by atoms with van der Waals surface area (Å²) in [5.74, 6) is -0.163. The van der Waals surface area contributed by atoms with Gasteiger partial charge in [0.1, 0.15) is 0 Å². The molecule has 2 rings (SSSR count). The Labute approximate surface area is 120 Å². The highest BCUT2D eigenvalue weighted by Crippen LogP contribution is 2.33. The minimum absolute atomic E-state index is 0.0866. The molecule has 0 aliphatic rings. The Morgan fingerprint density at radius 3 is 2.52 bits per heavy atom. The van der Waals surface area contributed by atoms with Crippen LogP contribution in [0.1, 0.15) is 39.5 Å². The molecule has 1 heterocycles. The van der Waals surface area contributed by atoms with E-state index in [2.05, 4.69) is 4.98 Å². The number of benzene rings is 1. The minimum atomic E-state index is -4.40. The van der Waals surface area contributed by atoms with E-state index in [1.807, 2.05) is 0 Å². The molecule has 0 aliphatic carbocycles. The van der Waals surface area contributed by atoms with Gasteiger partial charge in [0.25, 0.3) is 0 Å². The van der Waals surface area contributed by atoms with E-state index in [4.69, 9.17) is 0 Å². The normalized spacial score (nSPS) is 11.5. The minimum Gasteiger partial charge on any atom is -0.294 e. The second-order valence-electron chi connectivity index (χ2n) is 4.97. The molecule has 110 valence electrons. The van der Waals surface area contributed by atoms with E-state index in [0.717, 1.165) is 6.07 Å². The number of hydrogen-bond acceptors (Lipinski definition) is 2. The lowest BCUT2D eigenvalue weighted by molar-refractivity contribution is -0.138. The molecule has 21 heavy (non-hydrogen) atoms. The summed E-state index contributed by atoms with van der Waals surface area (Å²) in [4.78, 5) is 15.2. The van der Waals surface area contributed by atoms with Crippen molar-refractivity contribution in [3.05, 3.63) is 64.5 Å². The highest BCUT2D eigenvalue weighted by molar-refractivity contribution is 5.93. The van der Waals surface area contributed by atoms with Gasteiger partial charge in [0.2, 0.25) is 0 Å². The van der Waals surface area contributed by atoms with E-state index in [0.29, 0.717) is 16.7 Å². The number of hydrogen-bond donors (Lipinski definition) is 0. The molecular weight excluding hydrogens is 279 g/mol. The number of aryl methyl sites for hydroxylation is 1. The van der Waals surface area contributed by atoms with Gasteiger partial charge in [-0.25, -0.2) is 0 Å². The molecule has 0 saturated carbocycles. The second kappa shape index (κ2) is 5.68. The van der Waals surface area contributed by atoms with E-state index >= 15 is 0 Å². The average molecular weight is 293 g/mol. The Morgan fingerprint density at radius 2 is 1.90 bits per heavy atom. The number of pyridine rings is 1. The fourth-order valence-electron chi connectivity index (χ4n) is 2.11. The number of nitrogens with zero attached hydrogens (tertiary/aromatic N) is 1. The molecule has 0 spiro atoms. The fourth-order valence-corrected chi connectivity index (χ4v) is 2.11. The number of aromatic nitrogens is 1. The van der Waals surface area contributed by atoms with Crippen molar-refractivity contribution in [1.82, 2.24) is 4.98 Å². The SMILES string of the molecule is CC(=O)c1cncc(Cc2ccc(C)cc2C(F)(F)F)c1. The van der Waals surface area contributed by atoms with Crippen molar-refractivity contribution < 1.29 is 18.0 Å². The molecule has 1 aromatic heterocycles. The molecule has 0 saturated heterocycles. The maximum absolute atomic E-state index is 13.1. The van der Waals surface area contributed by atoms with Crippen molar-refractivity contribution in [3.8, 4) is 0 Å². The average Bonchev–Trinajstić information content (AvgIpc) is 2.40. The number of ketones is 1. The Hall–Kier alpha value is -2.17. The van der Waals surface area contributed by atoms with Crippen LogP contribution in [0.2, 0.25) is 0 Å². The number of halogens is 3. The first kappa shape index (κ1) is 15.2. The monoisotopic (exact) mass is 293 g/mol. The molecule has 0 radical (unpaired) electrons. The smallest absolute Gasteiger partial charge is 0.294 e. The van der Waals surface area contributed by atoms with Gasteiger partial charge in [-0.15, -0.1) is 0 Å². The van der Waals surface area contributed by atoms with Gasteiger partial charge in [0.05, 0.1) is 5.56 Å². The maximum atomic E-state index is 13.1. The number of Topliss-reactive ketones (excluding diaryl/α,β-unsaturated/α-hetero) is 1. The van der Waals surface area contributed by atoms with Gasteiger partial charge in [-0.1, -0.05) is 17.7 Å². The maximum Gasteiger partial charge on any atom is 0.416 e. The molecule has 0 aliphatic heterocycles. The number of rotatable bonds is 3. The zero-order valence-electron chi connectivity index (χ0n) is 11.7. The molecule has 0 amide bonds. The Balaban J connectivity index is 2.40. The predicted octanol–water partition coefficient (Wildman–Crippen LogP) is 4.20. The highest BCUT2D eigenvalue weighted by atomic mass is 19.4. The zero-order chi connectivity index (χ0) is 15.6. The molecule has 5 heteroatoms. The van der Waals surface area contributed by atoms with Crippen LogP contribution in [0.5, 0.6) is 0 Å². The van der Waals surface area contributed by atoms with E-state index in [-0.39, 0.29) is 17.8 Å². The first-order valence-corrected chi connectivity index (χ1v) is 6.39. The standard InChI is InChI=1S/C16H14F3NO/c1-10-3-4-13(15(5-10)16(17,18)19)6-12-7-14(11(2)21)9-20-8-12/h3-5,7-9H,6H2,1-2H3. The van der Waals surface area contributed by atoms with Gasteiger partial charge in [-0.05, 0) is 43.5 Å². The summed E-state index contributed by atoms with van der Waals surface area (Å²) in [5, 5.41) is 0. The van der Waals surface area contributed by atoms with Crippen LogP contribution in [0.4, 0.5) is 13.2 Å². The summed E-state index contributed by atoms with van der Waals surface area (Å²) >= 11 is 0. The highest BCUT2D eigenvalue weighted by Gasteiger charge is 2.33. The van der Waals surface area contributed by atoms with Crippen molar-refractivity contribution in [2.75, 3.05) is 0 Å². The summed E-state index contributed by atoms with van der Waals surface area (Å²) in [7, 11) is 0. The van der Waals surface area contributed by atoms with Crippen molar-refractivity contribution in [3.63, 3.8) is 0 Å². The summed E-state index contributed by atoms with van der Waals surface area (Å²) in [5.41, 5.74) is 1.07. The fraction of sp³-hybridized carbons (Fsp3) is 0.250. The van der Waals surface area contributed by atoms with Gasteiger partial charge in [-0.3, -0.25) is 9.78 Å². The van der Waals surface area contributed by atoms with E-state index < -0.39 is 11.7 Å². The van der Waals surface area contributed by atoms with Crippen LogP contribution in [0.25, 0.3) is 0 Å². The van der Waals surface area contributed by atoms with E-state index in [9.17, 15) is 18.0 Å². The van der Waals surface area contributed by atoms with Crippen molar-refractivity contribution in [1.29, 1.82) is 0 Å². The van der Waals surface area contributed by atoms with Gasteiger partial charge >= 0.3 is 6.18 Å². The van der Waals surface area contributed by atoms with Crippen molar-refractivity contribution >= 4 is 5.78 Å². The number of carbonyl (C=O) groups excluding carboxylic acids is 1. The lowest BCUT2D eigenvalue weighted by Crippen LogP contribution is -2.10. The van der Waals surface area contributed by atoms with Gasteiger partial charge in [-0.2, -0.15) is 13.2 Å². The third kappa shape index (κ3) is 3.68. The van der Waals surface area contributed by atoms with Gasteiger partial charge in [0, 0.05) is 18.0 Å². The Bertz CT molecular complexity index is 677. The molecule has 0 N–H and O–H groups in total. The number of carbonyl (C=O) groups is 1. The van der Waals surface area contributed by atoms with Crippen LogP contribution in [0.3, 0.4) is 0 Å². The number of alkyl halides is 3. The topological polar surface area (TPSA) is 30.0 Å². The Morgan fingerprint density at radius 1 is 1.19 bits per heavy atom. The molecule has 0 bridgehead atoms. The molecule has 2 aromatic rings. The summed E-state index contributed by atoms with van der Waals surface area (Å²) < 4.78 is 39.2. The van der Waals surface area contributed by atoms with Crippen LogP contribution in [0.15, 0.2) is 36.7 Å². The Kier molecular flexibility index (Phi) is 4.11. The third-order valence-corrected chi connectivity index (χ3v) is 3.17. The van der Waals surface area contributed by atoms with E-state index in [1.54, 1.807) is 19.1 Å². The van der Waals surface area contributed by atoms with Crippen molar-refractivity contribution in [2.45, 2.75) is 26.4 Å². The van der Waals surface area contributed by atoms with Crippen LogP contribution in [-0.4, -0.2) is 10.8 Å². The summed E-state index contributed by atoms with van der Waals surface area (Å²) in [6.45, 7) is 3.02. The lowest BCUT2D eigenvalue weighted by Gasteiger charge is -2.14. The van der Waals surface area contributed by atoms with Gasteiger partial charge in [0.15, 0.2) is 5.78 Å². The van der Waals surface area contributed by atoms with Crippen LogP contribution in [-0.2, 0) is 12.6 Å². The molecule has 0 fully saturated rings. The molecule has 2 nitrogen and oxygen atoms in total. The van der Waals surface area contributed by atoms with Crippen LogP contribution < -0.4 is 0 Å². The summed E-state index contributed by atoms with van der Waals surface area (Å²) in [6.07, 6.45) is -1.42. The van der Waals surface area contributed by atoms with Gasteiger partial charge < -0.3 is 0 Å². The second-order valence-corrected chi connectivity index (χ2v) is 4.97. The zero-order valence-corrected chi connectivity index (χ0v) is 11.7. The molecular formula is C16H14F3NO. The van der Waals surface area contributed by atoms with E-state index in [1.165, 1.54) is 25.4 Å². The lowest BCUT2D eigenvalue weighted by atomic mass is 9.97. The van der Waals surface area contributed by atoms with Crippen molar-refractivity contribution in [2.24, 2.45) is 0 Å². The van der Waals surface area contributed by atoms with Crippen LogP contribution in [0, 0.1) is 6.92 Å². The first-order valence-electron chi connectivity index (χ1n) is 6.39. The summed E-state index contributed by atoms with van der Waals surface area (Å²) in [6, 6.07) is 5.83. The first-order chi connectivity index (χ1) is 9.77. The largest absolute Gasteiger partial charge is 0.416 e.